The normalized spacial score (nSPS) is 13.1. The van der Waals surface area contributed by atoms with E-state index in [1.807, 2.05) is 0 Å². The van der Waals surface area contributed by atoms with Gasteiger partial charge in [-0.1, -0.05) is 265 Å². The summed E-state index contributed by atoms with van der Waals surface area (Å²) in [5.41, 5.74) is 19.1. The number of rotatable bonds is 4. The van der Waals surface area contributed by atoms with Gasteiger partial charge >= 0.3 is 0 Å². The minimum absolute atomic E-state index is 0.0761. The maximum absolute atomic E-state index is 5.33. The average Bonchev–Trinajstić information content (AvgIpc) is 1.46. The summed E-state index contributed by atoms with van der Waals surface area (Å²) in [7, 11) is 0. The summed E-state index contributed by atoms with van der Waals surface area (Å²) >= 11 is 0. The van der Waals surface area contributed by atoms with E-state index in [0.717, 1.165) is 43.6 Å². The molecule has 434 valence electrons. The lowest BCUT2D eigenvalue weighted by Crippen LogP contribution is -2.17. The van der Waals surface area contributed by atoms with E-state index in [4.69, 9.17) is 9.97 Å². The molecule has 17 rings (SSSR count). The third-order valence-corrected chi connectivity index (χ3v) is 20.2. The second-order valence-electron chi connectivity index (χ2n) is 30.0. The molecule has 0 N–H and O–H groups in total. The van der Waals surface area contributed by atoms with Gasteiger partial charge in [0.1, 0.15) is 0 Å². The standard InChI is InChI=1S/C88H72N2/c1-85(2,3)51-41-49(42-52(45-51)86(4,5)6)75-55-25-13-14-26-56(55)76(50-43-53(87(7,8)9)46-54(44-50)88(10,11)12)84-66-40-38-60-68-48-70-69(47-67(68)59-37-39-65(83(75)84)82(66)77(59)60)78(80-61-29-17-21-33-71(61)89-72-34-22-18-30-62(72)80)57-27-15-16-28-58(57)79(70)81-63-31-19-23-35-73(63)90-74-36-24-20-32-64(74)81/h13-48H,1-12H3. The van der Waals surface area contributed by atoms with E-state index < -0.39 is 0 Å². The SMILES string of the molecule is CC(C)(C)c1cc(-c2c3c(c(-c4cc(C(C)(C)C)cc(C(C)(C)C)c4)c4ccccc24)=c2ccc4c5c(ccc=3c25)=c2cc3c(-c5c6ccccc6nc6ccccc56)c5ccccc5c(-c5c6ccccc6nc6ccccc56)c3cc2=4)cc(C(C)(C)C)c1. The van der Waals surface area contributed by atoms with Gasteiger partial charge in [0.15, 0.2) is 0 Å². The fourth-order valence-corrected chi connectivity index (χ4v) is 15.6. The van der Waals surface area contributed by atoms with Gasteiger partial charge in [-0.2, -0.15) is 0 Å². The molecule has 2 nitrogen and oxygen atoms in total. The number of pyridine rings is 2. The molecule has 15 aromatic rings. The summed E-state index contributed by atoms with van der Waals surface area (Å²) in [6.45, 7) is 28.4. The molecule has 13 aromatic carbocycles. The van der Waals surface area contributed by atoms with Gasteiger partial charge in [0.25, 0.3) is 0 Å². The lowest BCUT2D eigenvalue weighted by atomic mass is 9.77. The van der Waals surface area contributed by atoms with Crippen LogP contribution in [-0.4, -0.2) is 9.97 Å². The predicted molar refractivity (Wildman–Crippen MR) is 382 cm³/mol. The van der Waals surface area contributed by atoms with Crippen LogP contribution < -0.4 is 0 Å². The van der Waals surface area contributed by atoms with E-state index in [2.05, 4.69) is 301 Å². The number of hydrogen-bond acceptors (Lipinski definition) is 2. The van der Waals surface area contributed by atoms with E-state index in [-0.39, 0.29) is 21.7 Å². The summed E-state index contributed by atoms with van der Waals surface area (Å²) in [5, 5.41) is 25.0. The third-order valence-electron chi connectivity index (χ3n) is 20.2. The molecular weight excluding hydrogens is 1080 g/mol. The first-order valence-electron chi connectivity index (χ1n) is 32.3. The molecule has 2 heterocycles. The number of nitrogens with zero attached hydrogens (tertiary/aromatic N) is 2. The topological polar surface area (TPSA) is 25.8 Å². The van der Waals surface area contributed by atoms with Crippen molar-refractivity contribution in [3.8, 4) is 44.5 Å². The molecule has 2 aromatic heterocycles. The highest BCUT2D eigenvalue weighted by Gasteiger charge is 2.30. The number of para-hydroxylation sites is 4. The highest BCUT2D eigenvalue weighted by molar-refractivity contribution is 6.30. The van der Waals surface area contributed by atoms with Crippen LogP contribution in [-0.2, 0) is 21.7 Å². The van der Waals surface area contributed by atoms with Gasteiger partial charge in [-0.3, -0.25) is 0 Å². The molecule has 0 radical (unpaired) electrons. The minimum atomic E-state index is -0.0761. The molecule has 0 fully saturated rings. The van der Waals surface area contributed by atoms with Crippen molar-refractivity contribution in [2.75, 3.05) is 0 Å². The van der Waals surface area contributed by atoms with E-state index in [1.165, 1.54) is 152 Å². The Morgan fingerprint density at radius 1 is 0.211 bits per heavy atom. The van der Waals surface area contributed by atoms with Crippen molar-refractivity contribution in [1.29, 1.82) is 0 Å². The Balaban J connectivity index is 1.12. The van der Waals surface area contributed by atoms with Crippen LogP contribution in [0.5, 0.6) is 0 Å². The lowest BCUT2D eigenvalue weighted by molar-refractivity contribution is 0.568. The maximum atomic E-state index is 5.33. The van der Waals surface area contributed by atoms with Gasteiger partial charge in [0.2, 0.25) is 0 Å². The maximum Gasteiger partial charge on any atom is 0.0715 e. The second-order valence-corrected chi connectivity index (χ2v) is 30.0. The van der Waals surface area contributed by atoms with Crippen LogP contribution in [0.15, 0.2) is 218 Å². The number of fused-ring (bicyclic) bond motifs is 9. The molecule has 0 saturated heterocycles. The van der Waals surface area contributed by atoms with Crippen molar-refractivity contribution >= 4 is 86.7 Å². The molecule has 0 aliphatic heterocycles. The molecule has 0 atom stereocenters. The Labute approximate surface area is 525 Å². The van der Waals surface area contributed by atoms with Crippen molar-refractivity contribution < 1.29 is 0 Å². The van der Waals surface area contributed by atoms with Gasteiger partial charge in [0, 0.05) is 32.7 Å². The molecule has 2 aliphatic carbocycles. The van der Waals surface area contributed by atoms with Gasteiger partial charge in [0.05, 0.1) is 22.1 Å². The molecule has 2 aliphatic rings. The molecule has 0 spiro atoms. The average molecular weight is 1160 g/mol. The molecule has 0 amide bonds. The quantitative estimate of drug-likeness (QED) is 0.164. The first kappa shape index (κ1) is 54.4. The number of aromatic nitrogens is 2. The Morgan fingerprint density at radius 3 is 0.756 bits per heavy atom. The Kier molecular flexibility index (Phi) is 11.4. The number of benzene rings is 13. The zero-order chi connectivity index (χ0) is 61.7. The predicted octanol–water partition coefficient (Wildman–Crippen LogP) is 23.3. The highest BCUT2D eigenvalue weighted by atomic mass is 14.7. The summed E-state index contributed by atoms with van der Waals surface area (Å²) in [6.07, 6.45) is 0. The van der Waals surface area contributed by atoms with Gasteiger partial charge in [-0.05, 0) is 199 Å². The third kappa shape index (κ3) is 7.95. The van der Waals surface area contributed by atoms with E-state index in [1.54, 1.807) is 0 Å². The lowest BCUT2D eigenvalue weighted by Gasteiger charge is -2.28. The number of hydrogen-bond donors (Lipinski definition) is 0. The van der Waals surface area contributed by atoms with E-state index in [9.17, 15) is 0 Å². The highest BCUT2D eigenvalue weighted by Crippen LogP contribution is 2.52. The first-order valence-corrected chi connectivity index (χ1v) is 32.3. The van der Waals surface area contributed by atoms with E-state index in [0.29, 0.717) is 0 Å². The van der Waals surface area contributed by atoms with E-state index >= 15 is 0 Å². The Bertz CT molecular complexity index is 5640. The fraction of sp³-hybridized carbons (Fsp3) is 0.182. The smallest absolute Gasteiger partial charge is 0.0715 e. The van der Waals surface area contributed by atoms with Gasteiger partial charge in [-0.25, -0.2) is 9.97 Å². The summed E-state index contributed by atoms with van der Waals surface area (Å²) in [6, 6.07) is 83.8. The second kappa shape index (κ2) is 18.9. The Hall–Kier alpha value is -9.76. The molecular formula is C88H72N2. The van der Waals surface area contributed by atoms with Crippen LogP contribution in [0.25, 0.3) is 131 Å². The van der Waals surface area contributed by atoms with Crippen LogP contribution in [0.2, 0.25) is 0 Å². The molecule has 0 unspecified atom stereocenters. The van der Waals surface area contributed by atoms with Crippen LogP contribution in [0, 0.1) is 41.7 Å². The van der Waals surface area contributed by atoms with Gasteiger partial charge < -0.3 is 0 Å². The van der Waals surface area contributed by atoms with Crippen LogP contribution in [0.4, 0.5) is 0 Å². The van der Waals surface area contributed by atoms with Crippen LogP contribution in [0.1, 0.15) is 105 Å². The summed E-state index contributed by atoms with van der Waals surface area (Å²) in [5.74, 6) is 0. The zero-order valence-electron chi connectivity index (χ0n) is 53.7. The molecule has 0 saturated carbocycles. The van der Waals surface area contributed by atoms with Crippen LogP contribution >= 0.6 is 0 Å². The van der Waals surface area contributed by atoms with Crippen molar-refractivity contribution in [2.24, 2.45) is 0 Å². The molecule has 90 heavy (non-hydrogen) atoms. The molecule has 0 bridgehead atoms. The van der Waals surface area contributed by atoms with Gasteiger partial charge in [-0.15, -0.1) is 0 Å². The zero-order valence-corrected chi connectivity index (χ0v) is 53.7. The fourth-order valence-electron chi connectivity index (χ4n) is 15.6. The van der Waals surface area contributed by atoms with Crippen molar-refractivity contribution in [2.45, 2.75) is 105 Å². The first-order chi connectivity index (χ1) is 43.2. The summed E-state index contributed by atoms with van der Waals surface area (Å²) < 4.78 is 0. The van der Waals surface area contributed by atoms with Crippen molar-refractivity contribution in [1.82, 2.24) is 9.97 Å². The van der Waals surface area contributed by atoms with Crippen molar-refractivity contribution in [3.63, 3.8) is 0 Å². The summed E-state index contributed by atoms with van der Waals surface area (Å²) in [4.78, 5) is 10.7. The van der Waals surface area contributed by atoms with Crippen LogP contribution in [0.3, 0.4) is 0 Å². The minimum Gasteiger partial charge on any atom is -0.248 e. The monoisotopic (exact) mass is 1160 g/mol. The van der Waals surface area contributed by atoms with Crippen molar-refractivity contribution in [3.05, 3.63) is 282 Å². The Morgan fingerprint density at radius 2 is 0.456 bits per heavy atom. The molecule has 2 heteroatoms. The largest absolute Gasteiger partial charge is 0.248 e.